The van der Waals surface area contributed by atoms with Gasteiger partial charge in [-0.1, -0.05) is 188 Å². The number of aromatic nitrogens is 5. The van der Waals surface area contributed by atoms with E-state index < -0.39 is 15.1 Å². The molecule has 6 aromatic heterocycles. The van der Waals surface area contributed by atoms with E-state index >= 15 is 0 Å². The fourth-order valence-electron chi connectivity index (χ4n) is 13.1. The first-order chi connectivity index (χ1) is 46.1. The second kappa shape index (κ2) is 23.7. The molecule has 0 unspecified atom stereocenters. The molecule has 0 N–H and O–H groups in total. The minimum absolute atomic E-state index is 0.608. The summed E-state index contributed by atoms with van der Waals surface area (Å²) in [5.41, 5.74) is 13.5. The minimum atomic E-state index is -2.86. The van der Waals surface area contributed by atoms with Gasteiger partial charge < -0.3 is 24.9 Å². The number of rotatable bonds is 9. The van der Waals surface area contributed by atoms with Crippen molar-refractivity contribution in [2.24, 2.45) is 0 Å². The number of benzene rings is 13. The predicted octanol–water partition coefficient (Wildman–Crippen LogP) is 21.3. The van der Waals surface area contributed by atoms with E-state index in [-0.39, 0.29) is 0 Å². The molecule has 0 bridgehead atoms. The van der Waals surface area contributed by atoms with Gasteiger partial charge >= 0.3 is 15.1 Å². The molecule has 0 radical (unpaired) electrons. The van der Waals surface area contributed by atoms with E-state index in [1.165, 1.54) is 82.0 Å². The van der Waals surface area contributed by atoms with Crippen LogP contribution in [0.4, 0.5) is 0 Å². The van der Waals surface area contributed by atoms with Gasteiger partial charge in [-0.2, -0.15) is 0 Å². The van der Waals surface area contributed by atoms with Crippen molar-refractivity contribution in [1.29, 1.82) is 0 Å². The first-order valence-electron chi connectivity index (χ1n) is 31.0. The summed E-state index contributed by atoms with van der Waals surface area (Å²) >= 11 is -2.86. The first-order valence-corrected chi connectivity index (χ1v) is 32.4. The maximum Gasteiger partial charge on any atom is 1.20 e. The van der Waals surface area contributed by atoms with Crippen molar-refractivity contribution in [1.82, 2.24) is 24.1 Å². The molecule has 438 valence electrons. The molecular formula is C83H54AlN5O4. The molecule has 0 amide bonds. The largest absolute Gasteiger partial charge is 1.20 e. The lowest BCUT2D eigenvalue weighted by molar-refractivity contribution is 0.311. The molecule has 0 aliphatic heterocycles. The highest BCUT2D eigenvalue weighted by Gasteiger charge is 2.46. The van der Waals surface area contributed by atoms with Crippen molar-refractivity contribution in [3.05, 3.63) is 328 Å². The molecule has 0 atom stereocenters. The van der Waals surface area contributed by atoms with Crippen LogP contribution in [0, 0.1) is 0 Å². The zero-order chi connectivity index (χ0) is 61.6. The Hall–Kier alpha value is -12.1. The van der Waals surface area contributed by atoms with Gasteiger partial charge in [0.25, 0.3) is 0 Å². The third-order valence-electron chi connectivity index (χ3n) is 17.4. The first kappa shape index (κ1) is 55.0. The SMILES string of the molecule is c1ccc(-n2c3ccccc3c3cc(-c4ccc5oc6ccc(-n7c8ccccc8c8ccccc87)cc6c5c4)ccc32)cc1.c1ccc2cc3ccccc3cc2c1.c1cnc2c([O][Al]([O]c3cccc4cccnc34)[O]c3cccc4cccnc34)cccc2c1. The Morgan fingerprint density at radius 1 is 0.258 bits per heavy atom. The van der Waals surface area contributed by atoms with Gasteiger partial charge in [-0.15, -0.1) is 0 Å². The summed E-state index contributed by atoms with van der Waals surface area (Å²) < 4.78 is 30.3. The van der Waals surface area contributed by atoms with Gasteiger partial charge in [-0.25, -0.2) is 0 Å². The molecule has 0 saturated carbocycles. The quantitative estimate of drug-likeness (QED) is 0.105. The van der Waals surface area contributed by atoms with Gasteiger partial charge in [0.05, 0.1) is 22.1 Å². The zero-order valence-corrected chi connectivity index (χ0v) is 51.3. The lowest BCUT2D eigenvalue weighted by atomic mass is 10.0. The molecule has 0 spiro atoms. The summed E-state index contributed by atoms with van der Waals surface area (Å²) in [5, 5.41) is 15.4. The normalized spacial score (nSPS) is 11.4. The Labute approximate surface area is 539 Å². The molecule has 10 heteroatoms. The fraction of sp³-hybridized carbons (Fsp3) is 0. The number of hydrogen-bond donors (Lipinski definition) is 0. The number of furan rings is 1. The van der Waals surface area contributed by atoms with Crippen LogP contribution in [0.1, 0.15) is 0 Å². The molecule has 19 aromatic rings. The monoisotopic (exact) mass is 1210 g/mol. The smallest absolute Gasteiger partial charge is 0.576 e. The second-order valence-corrected chi connectivity index (χ2v) is 24.3. The van der Waals surface area contributed by atoms with Crippen LogP contribution in [0.15, 0.2) is 332 Å². The molecule has 93 heavy (non-hydrogen) atoms. The Morgan fingerprint density at radius 3 is 1.12 bits per heavy atom. The van der Waals surface area contributed by atoms with Gasteiger partial charge in [0.1, 0.15) is 45.0 Å². The molecule has 0 fully saturated rings. The van der Waals surface area contributed by atoms with Crippen LogP contribution in [0.25, 0.3) is 142 Å². The number of nitrogens with zero attached hydrogens (tertiary/aromatic N) is 5. The van der Waals surface area contributed by atoms with Crippen LogP contribution in [0.3, 0.4) is 0 Å². The van der Waals surface area contributed by atoms with Crippen LogP contribution < -0.4 is 11.4 Å². The van der Waals surface area contributed by atoms with Crippen LogP contribution in [0.5, 0.6) is 17.2 Å². The second-order valence-electron chi connectivity index (χ2n) is 23.0. The van der Waals surface area contributed by atoms with Crippen LogP contribution in [-0.4, -0.2) is 39.2 Å². The van der Waals surface area contributed by atoms with E-state index in [1.807, 2.05) is 91.0 Å². The van der Waals surface area contributed by atoms with Crippen molar-refractivity contribution >= 4 is 135 Å². The summed E-state index contributed by atoms with van der Waals surface area (Å²) in [6, 6.07) is 107. The van der Waals surface area contributed by atoms with Gasteiger partial charge in [0.15, 0.2) is 0 Å². The predicted molar refractivity (Wildman–Crippen MR) is 382 cm³/mol. The summed E-state index contributed by atoms with van der Waals surface area (Å²) in [6.45, 7) is 0. The van der Waals surface area contributed by atoms with E-state index in [0.717, 1.165) is 60.3 Å². The van der Waals surface area contributed by atoms with Crippen LogP contribution in [-0.2, 0) is 0 Å². The Bertz CT molecular complexity index is 5670. The number of fused-ring (bicyclic) bond motifs is 14. The molecule has 9 nitrogen and oxygen atoms in total. The highest BCUT2D eigenvalue weighted by atomic mass is 27.3. The number of hydrogen-bond acceptors (Lipinski definition) is 7. The molecular weight excluding hydrogens is 1160 g/mol. The van der Waals surface area contributed by atoms with E-state index in [9.17, 15) is 0 Å². The van der Waals surface area contributed by atoms with Gasteiger partial charge in [0, 0.05) is 78.4 Å². The van der Waals surface area contributed by atoms with Crippen molar-refractivity contribution in [2.45, 2.75) is 0 Å². The molecule has 0 aliphatic rings. The highest BCUT2D eigenvalue weighted by Crippen LogP contribution is 2.40. The van der Waals surface area contributed by atoms with E-state index in [0.29, 0.717) is 17.2 Å². The number of pyridine rings is 3. The Morgan fingerprint density at radius 2 is 0.624 bits per heavy atom. The maximum atomic E-state index is 6.41. The maximum absolute atomic E-state index is 6.41. The highest BCUT2D eigenvalue weighted by molar-refractivity contribution is 6.40. The Balaban J connectivity index is 0.000000120. The summed E-state index contributed by atoms with van der Waals surface area (Å²) in [4.78, 5) is 13.5. The minimum Gasteiger partial charge on any atom is -0.576 e. The standard InChI is InChI=1S/C42H26N2O.C14H10.3C9H7NO.Al/c1-2-10-29(11-3-1)43-39-17-9-6-14-33(39)34-24-27(18-21-40(34)43)28-19-22-41-35(25-28)36-26-30(20-23-42(36)45-41)44-37-15-7-4-12-31(37)32-13-5-8-16-38(32)44;1-2-6-12-10-14-8-4-3-7-13(14)9-11(12)5-1;3*11-8-5-1-3-7-4-2-6-10-9(7)8;/h1-26H;1-10H;3*1-6,11H;/q;;;;;+3/p-3. The van der Waals surface area contributed by atoms with Crippen LogP contribution >= 0.6 is 0 Å². The molecule has 19 rings (SSSR count). The summed E-state index contributed by atoms with van der Waals surface area (Å²) in [5.74, 6) is 1.82. The van der Waals surface area contributed by atoms with E-state index in [1.54, 1.807) is 18.6 Å². The number of para-hydroxylation sites is 7. The Kier molecular flexibility index (Phi) is 14.0. The van der Waals surface area contributed by atoms with Crippen molar-refractivity contribution in [3.63, 3.8) is 0 Å². The molecule has 6 heterocycles. The molecule has 13 aromatic carbocycles. The van der Waals surface area contributed by atoms with Gasteiger partial charge in [-0.05, 0) is 154 Å². The molecule has 0 aliphatic carbocycles. The summed E-state index contributed by atoms with van der Waals surface area (Å²) in [7, 11) is 0. The van der Waals surface area contributed by atoms with Crippen molar-refractivity contribution in [3.8, 4) is 39.8 Å². The molecule has 0 saturated heterocycles. The van der Waals surface area contributed by atoms with E-state index in [4.69, 9.17) is 15.8 Å². The van der Waals surface area contributed by atoms with E-state index in [2.05, 4.69) is 242 Å². The lowest BCUT2D eigenvalue weighted by Crippen LogP contribution is -2.37. The topological polar surface area (TPSA) is 89.4 Å². The average molecular weight is 1210 g/mol. The van der Waals surface area contributed by atoms with Crippen molar-refractivity contribution < 1.29 is 15.8 Å². The lowest BCUT2D eigenvalue weighted by Gasteiger charge is -2.18. The third kappa shape index (κ3) is 10.3. The van der Waals surface area contributed by atoms with Gasteiger partial charge in [-0.3, -0.25) is 15.0 Å². The third-order valence-corrected chi connectivity index (χ3v) is 18.7. The zero-order valence-electron chi connectivity index (χ0n) is 50.1. The van der Waals surface area contributed by atoms with Crippen molar-refractivity contribution in [2.75, 3.05) is 0 Å². The van der Waals surface area contributed by atoms with Gasteiger partial charge in [0.2, 0.25) is 0 Å². The average Bonchev–Trinajstić information content (AvgIpc) is 1.61. The van der Waals surface area contributed by atoms with Crippen LogP contribution in [0.2, 0.25) is 0 Å². The summed E-state index contributed by atoms with van der Waals surface area (Å²) in [6.07, 6.45) is 5.24. The fourth-order valence-corrected chi connectivity index (χ4v) is 14.4.